The number of rotatable bonds is 5. The van der Waals surface area contributed by atoms with E-state index >= 15 is 0 Å². The highest BCUT2D eigenvalue weighted by molar-refractivity contribution is 5.96. The van der Waals surface area contributed by atoms with E-state index in [9.17, 15) is 14.7 Å². The zero-order chi connectivity index (χ0) is 18.7. The van der Waals surface area contributed by atoms with Crippen LogP contribution in [-0.4, -0.2) is 26.1 Å². The van der Waals surface area contributed by atoms with Crippen molar-refractivity contribution in [2.24, 2.45) is 5.92 Å². The van der Waals surface area contributed by atoms with Gasteiger partial charge in [0.2, 0.25) is 5.91 Å². The molecule has 26 heavy (non-hydrogen) atoms. The van der Waals surface area contributed by atoms with Gasteiger partial charge in [0, 0.05) is 29.6 Å². The second kappa shape index (κ2) is 7.47. The number of carbonyl (C=O) groups is 2. The fourth-order valence-electron chi connectivity index (χ4n) is 3.45. The quantitative estimate of drug-likeness (QED) is 0.820. The van der Waals surface area contributed by atoms with Gasteiger partial charge in [-0.05, 0) is 36.8 Å². The van der Waals surface area contributed by atoms with Gasteiger partial charge >= 0.3 is 0 Å². The summed E-state index contributed by atoms with van der Waals surface area (Å²) in [4.78, 5) is 26.1. The third-order valence-corrected chi connectivity index (χ3v) is 4.71. The Labute approximate surface area is 152 Å². The van der Waals surface area contributed by atoms with E-state index in [1.165, 1.54) is 12.0 Å². The summed E-state index contributed by atoms with van der Waals surface area (Å²) in [6, 6.07) is 13.4. The molecule has 0 saturated carbocycles. The number of carboxylic acid groups (broad SMARTS) is 1. The summed E-state index contributed by atoms with van der Waals surface area (Å²) >= 11 is 0. The second-order valence-electron chi connectivity index (χ2n) is 6.11. The molecule has 0 bridgehead atoms. The number of hydrogen-bond donors (Lipinski definition) is 0. The minimum absolute atomic E-state index is 0.136. The number of piperidine rings is 1. The molecule has 0 radical (unpaired) electrons. The molecule has 1 amide bonds. The van der Waals surface area contributed by atoms with Gasteiger partial charge in [-0.3, -0.25) is 4.79 Å². The van der Waals surface area contributed by atoms with E-state index in [-0.39, 0.29) is 18.7 Å². The van der Waals surface area contributed by atoms with Crippen LogP contribution in [0.25, 0.3) is 0 Å². The van der Waals surface area contributed by atoms with Gasteiger partial charge in [-0.2, -0.15) is 0 Å². The number of amides is 1. The van der Waals surface area contributed by atoms with Gasteiger partial charge in [-0.15, -0.1) is 0 Å². The van der Waals surface area contributed by atoms with Crippen molar-refractivity contribution in [1.29, 1.82) is 0 Å². The lowest BCUT2D eigenvalue weighted by atomic mass is 9.83. The van der Waals surface area contributed by atoms with Crippen molar-refractivity contribution in [2.45, 2.75) is 18.9 Å². The van der Waals surface area contributed by atoms with E-state index in [1.807, 2.05) is 0 Å². The molecular weight excluding hydrogens is 334 g/mol. The van der Waals surface area contributed by atoms with Crippen LogP contribution in [0.2, 0.25) is 0 Å². The molecule has 2 aromatic rings. The summed E-state index contributed by atoms with van der Waals surface area (Å²) in [6.07, 6.45) is 0.382. The third kappa shape index (κ3) is 3.22. The second-order valence-corrected chi connectivity index (χ2v) is 6.11. The Hall–Kier alpha value is -3.02. The Morgan fingerprint density at radius 1 is 1.08 bits per heavy atom. The summed E-state index contributed by atoms with van der Waals surface area (Å²) in [5.74, 6) is -0.943. The van der Waals surface area contributed by atoms with Gasteiger partial charge in [0.05, 0.1) is 20.3 Å². The lowest BCUT2D eigenvalue weighted by Crippen LogP contribution is -2.49. The zero-order valence-electron chi connectivity index (χ0n) is 14.7. The molecule has 3 rings (SSSR count). The maximum Gasteiger partial charge on any atom is 0.227 e. The first-order valence-corrected chi connectivity index (χ1v) is 8.36. The average molecular weight is 354 g/mol. The maximum absolute atomic E-state index is 12.7. The molecule has 1 aliphatic heterocycles. The number of anilines is 1. The minimum Gasteiger partial charge on any atom is -0.550 e. The fraction of sp³-hybridized carbons (Fsp3) is 0.300. The van der Waals surface area contributed by atoms with Crippen molar-refractivity contribution in [1.82, 2.24) is 0 Å². The standard InChI is InChI=1S/C20H21NO5/c1-25-14-9-7-13(8-10-14)21-18(22)12-11-16(20(23)24)19(21)15-5-3-4-6-17(15)26-2/h3-10,16,19H,11-12H2,1-2H3,(H,23,24)/p-1/t16-,19+/m1/s1. The average Bonchev–Trinajstić information content (AvgIpc) is 2.67. The largest absolute Gasteiger partial charge is 0.550 e. The summed E-state index contributed by atoms with van der Waals surface area (Å²) in [7, 11) is 3.08. The fourth-order valence-corrected chi connectivity index (χ4v) is 3.45. The lowest BCUT2D eigenvalue weighted by molar-refractivity contribution is -0.312. The van der Waals surface area contributed by atoms with Crippen LogP contribution in [0.4, 0.5) is 5.69 Å². The topological polar surface area (TPSA) is 78.9 Å². The van der Waals surface area contributed by atoms with E-state index in [2.05, 4.69) is 0 Å². The minimum atomic E-state index is -1.17. The van der Waals surface area contributed by atoms with E-state index in [1.54, 1.807) is 55.6 Å². The number of carbonyl (C=O) groups excluding carboxylic acids is 2. The van der Waals surface area contributed by atoms with Gasteiger partial charge in [0.1, 0.15) is 11.5 Å². The summed E-state index contributed by atoms with van der Waals surface area (Å²) < 4.78 is 10.6. The van der Waals surface area contributed by atoms with Crippen LogP contribution in [0.5, 0.6) is 11.5 Å². The summed E-state index contributed by atoms with van der Waals surface area (Å²) in [5, 5.41) is 11.8. The zero-order valence-corrected chi connectivity index (χ0v) is 14.7. The number of hydrogen-bond acceptors (Lipinski definition) is 5. The van der Waals surface area contributed by atoms with Gasteiger partial charge < -0.3 is 24.3 Å². The van der Waals surface area contributed by atoms with Crippen molar-refractivity contribution in [3.05, 3.63) is 54.1 Å². The molecule has 0 aliphatic carbocycles. The molecule has 0 N–H and O–H groups in total. The van der Waals surface area contributed by atoms with Crippen molar-refractivity contribution in [2.75, 3.05) is 19.1 Å². The monoisotopic (exact) mass is 354 g/mol. The molecule has 0 aromatic heterocycles. The number of benzene rings is 2. The van der Waals surface area contributed by atoms with Crippen molar-refractivity contribution < 1.29 is 24.2 Å². The number of para-hydroxylation sites is 1. The Bertz CT molecular complexity index is 802. The Balaban J connectivity index is 2.13. The molecule has 1 aliphatic rings. The van der Waals surface area contributed by atoms with Crippen LogP contribution in [0.1, 0.15) is 24.4 Å². The number of ether oxygens (including phenoxy) is 2. The predicted octanol–water partition coefficient (Wildman–Crippen LogP) is 1.94. The lowest BCUT2D eigenvalue weighted by Gasteiger charge is -2.42. The molecule has 1 saturated heterocycles. The summed E-state index contributed by atoms with van der Waals surface area (Å²) in [6.45, 7) is 0. The third-order valence-electron chi connectivity index (χ3n) is 4.71. The smallest absolute Gasteiger partial charge is 0.227 e. The van der Waals surface area contributed by atoms with E-state index in [0.29, 0.717) is 22.7 Å². The molecule has 2 atom stereocenters. The SMILES string of the molecule is COc1ccc(N2C(=O)CC[C@@H](C(=O)[O-])[C@@H]2c2ccccc2OC)cc1. The molecule has 6 nitrogen and oxygen atoms in total. The van der Waals surface area contributed by atoms with Gasteiger partial charge in [0.25, 0.3) is 0 Å². The molecule has 1 fully saturated rings. The van der Waals surface area contributed by atoms with Gasteiger partial charge in [-0.1, -0.05) is 18.2 Å². The van der Waals surface area contributed by atoms with Crippen molar-refractivity contribution in [3.63, 3.8) is 0 Å². The Kier molecular flexibility index (Phi) is 5.11. The molecule has 0 spiro atoms. The van der Waals surface area contributed by atoms with Crippen molar-refractivity contribution in [3.8, 4) is 11.5 Å². The molecule has 2 aromatic carbocycles. The normalized spacial score (nSPS) is 19.9. The number of aliphatic carboxylic acids is 1. The number of carboxylic acids is 1. The predicted molar refractivity (Wildman–Crippen MR) is 93.9 cm³/mol. The Morgan fingerprint density at radius 3 is 2.38 bits per heavy atom. The van der Waals surface area contributed by atoms with Crippen LogP contribution >= 0.6 is 0 Å². The highest BCUT2D eigenvalue weighted by Crippen LogP contribution is 2.43. The molecule has 136 valence electrons. The van der Waals surface area contributed by atoms with Crippen LogP contribution in [0.3, 0.4) is 0 Å². The van der Waals surface area contributed by atoms with Crippen molar-refractivity contribution >= 4 is 17.6 Å². The number of methoxy groups -OCH3 is 2. The first-order valence-electron chi connectivity index (χ1n) is 8.36. The summed E-state index contributed by atoms with van der Waals surface area (Å²) in [5.41, 5.74) is 1.26. The molecule has 0 unspecified atom stereocenters. The molecular formula is C20H20NO5-. The molecule has 1 heterocycles. The van der Waals surface area contributed by atoms with Crippen LogP contribution in [0, 0.1) is 5.92 Å². The Morgan fingerprint density at radius 2 is 1.77 bits per heavy atom. The molecule has 6 heteroatoms. The first-order chi connectivity index (χ1) is 12.6. The highest BCUT2D eigenvalue weighted by atomic mass is 16.5. The number of nitrogens with zero attached hydrogens (tertiary/aromatic N) is 1. The maximum atomic E-state index is 12.7. The van der Waals surface area contributed by atoms with E-state index in [0.717, 1.165) is 0 Å². The van der Waals surface area contributed by atoms with Crippen LogP contribution < -0.4 is 19.5 Å². The van der Waals surface area contributed by atoms with Crippen LogP contribution in [0.15, 0.2) is 48.5 Å². The van der Waals surface area contributed by atoms with Gasteiger partial charge in [-0.25, -0.2) is 0 Å². The van der Waals surface area contributed by atoms with E-state index < -0.39 is 17.9 Å². The highest BCUT2D eigenvalue weighted by Gasteiger charge is 2.39. The first kappa shape index (κ1) is 17.8. The van der Waals surface area contributed by atoms with Gasteiger partial charge in [0.15, 0.2) is 0 Å². The van der Waals surface area contributed by atoms with E-state index in [4.69, 9.17) is 9.47 Å². The van der Waals surface area contributed by atoms with Crippen LogP contribution in [-0.2, 0) is 9.59 Å².